The number of nitrogens with one attached hydrogen (secondary N) is 1. The zero-order chi connectivity index (χ0) is 12.1. The van der Waals surface area contributed by atoms with E-state index in [9.17, 15) is 0 Å². The Bertz CT molecular complexity index is 364. The summed E-state index contributed by atoms with van der Waals surface area (Å²) in [6, 6.07) is 6.06. The van der Waals surface area contributed by atoms with Crippen LogP contribution in [0.2, 0.25) is 0 Å². The number of methoxy groups -OCH3 is 1. The summed E-state index contributed by atoms with van der Waals surface area (Å²) in [6.07, 6.45) is 2.70. The summed E-state index contributed by atoms with van der Waals surface area (Å²) in [7, 11) is 1.69. The van der Waals surface area contributed by atoms with Gasteiger partial charge in [-0.25, -0.2) is 0 Å². The Hall–Kier alpha value is -0.740. The van der Waals surface area contributed by atoms with Crippen molar-refractivity contribution in [3.8, 4) is 5.75 Å². The van der Waals surface area contributed by atoms with Crippen molar-refractivity contribution in [2.75, 3.05) is 38.6 Å². The van der Waals surface area contributed by atoms with Crippen LogP contribution in [0, 0.1) is 0 Å². The van der Waals surface area contributed by atoms with Crippen LogP contribution in [0.15, 0.2) is 22.7 Å². The van der Waals surface area contributed by atoms with Gasteiger partial charge in [-0.2, -0.15) is 0 Å². The van der Waals surface area contributed by atoms with Crippen LogP contribution in [0.25, 0.3) is 0 Å². The molecule has 0 bridgehead atoms. The van der Waals surface area contributed by atoms with Gasteiger partial charge in [-0.15, -0.1) is 0 Å². The second kappa shape index (κ2) is 6.26. The van der Waals surface area contributed by atoms with E-state index in [1.165, 1.54) is 25.9 Å². The molecule has 0 aliphatic carbocycles. The molecule has 1 saturated heterocycles. The van der Waals surface area contributed by atoms with Gasteiger partial charge < -0.3 is 15.0 Å². The lowest BCUT2D eigenvalue weighted by Crippen LogP contribution is -2.25. The zero-order valence-electron chi connectivity index (χ0n) is 10.2. The van der Waals surface area contributed by atoms with Crippen molar-refractivity contribution >= 4 is 21.6 Å². The second-order valence-electron chi connectivity index (χ2n) is 4.36. The average Bonchev–Trinajstić information content (AvgIpc) is 2.81. The van der Waals surface area contributed by atoms with Gasteiger partial charge in [-0.05, 0) is 38.1 Å². The minimum Gasteiger partial charge on any atom is -0.497 e. The summed E-state index contributed by atoms with van der Waals surface area (Å²) in [5, 5.41) is 3.44. The Morgan fingerprint density at radius 1 is 1.29 bits per heavy atom. The Balaban J connectivity index is 1.83. The summed E-state index contributed by atoms with van der Waals surface area (Å²) >= 11 is 3.48. The van der Waals surface area contributed by atoms with Gasteiger partial charge in [0.2, 0.25) is 0 Å². The summed E-state index contributed by atoms with van der Waals surface area (Å²) in [6.45, 7) is 4.61. The monoisotopic (exact) mass is 298 g/mol. The topological polar surface area (TPSA) is 24.5 Å². The Morgan fingerprint density at radius 2 is 2.06 bits per heavy atom. The first-order valence-corrected chi connectivity index (χ1v) is 6.88. The van der Waals surface area contributed by atoms with Gasteiger partial charge in [0, 0.05) is 29.3 Å². The number of anilines is 1. The minimum atomic E-state index is 0.878. The van der Waals surface area contributed by atoms with E-state index in [-0.39, 0.29) is 0 Å². The van der Waals surface area contributed by atoms with Crippen LogP contribution in [0.4, 0.5) is 5.69 Å². The fourth-order valence-corrected chi connectivity index (χ4v) is 2.62. The van der Waals surface area contributed by atoms with Crippen LogP contribution >= 0.6 is 15.9 Å². The van der Waals surface area contributed by atoms with Crippen molar-refractivity contribution < 1.29 is 4.74 Å². The highest BCUT2D eigenvalue weighted by molar-refractivity contribution is 9.10. The van der Waals surface area contributed by atoms with Crippen LogP contribution in [0.1, 0.15) is 12.8 Å². The summed E-state index contributed by atoms with van der Waals surface area (Å²) in [5.74, 6) is 0.878. The highest BCUT2D eigenvalue weighted by Crippen LogP contribution is 2.24. The molecule has 1 aromatic carbocycles. The maximum Gasteiger partial charge on any atom is 0.122 e. The van der Waals surface area contributed by atoms with Crippen molar-refractivity contribution in [2.45, 2.75) is 12.8 Å². The molecule has 0 aromatic heterocycles. The third-order valence-corrected chi connectivity index (χ3v) is 3.52. The highest BCUT2D eigenvalue weighted by atomic mass is 79.9. The Morgan fingerprint density at radius 3 is 2.76 bits per heavy atom. The standard InChI is InChI=1S/C13H19BrN2O/c1-17-13-9-11(14)8-12(10-13)15-4-7-16-5-2-3-6-16/h8-10,15H,2-7H2,1H3. The van der Waals surface area contributed by atoms with Crippen LogP contribution in [-0.2, 0) is 0 Å². The summed E-state index contributed by atoms with van der Waals surface area (Å²) < 4.78 is 6.28. The second-order valence-corrected chi connectivity index (χ2v) is 5.27. The van der Waals surface area contributed by atoms with Crippen LogP contribution in [0.3, 0.4) is 0 Å². The molecule has 1 aromatic rings. The van der Waals surface area contributed by atoms with Gasteiger partial charge in [-0.1, -0.05) is 15.9 Å². The van der Waals surface area contributed by atoms with Crippen molar-refractivity contribution in [3.05, 3.63) is 22.7 Å². The van der Waals surface area contributed by atoms with E-state index in [4.69, 9.17) is 4.74 Å². The lowest BCUT2D eigenvalue weighted by Gasteiger charge is -2.15. The van der Waals surface area contributed by atoms with E-state index in [0.29, 0.717) is 0 Å². The predicted molar refractivity (Wildman–Crippen MR) is 74.9 cm³/mol. The molecule has 1 aliphatic heterocycles. The molecular weight excluding hydrogens is 280 g/mol. The number of nitrogens with zero attached hydrogens (tertiary/aromatic N) is 1. The predicted octanol–water partition coefficient (Wildman–Crippen LogP) is 2.97. The molecule has 94 valence electrons. The number of benzene rings is 1. The van der Waals surface area contributed by atoms with Gasteiger partial charge in [0.25, 0.3) is 0 Å². The first-order chi connectivity index (χ1) is 8.28. The molecule has 3 nitrogen and oxygen atoms in total. The number of ether oxygens (including phenoxy) is 1. The number of hydrogen-bond donors (Lipinski definition) is 1. The first-order valence-electron chi connectivity index (χ1n) is 6.09. The van der Waals surface area contributed by atoms with Crippen LogP contribution in [-0.4, -0.2) is 38.2 Å². The van der Waals surface area contributed by atoms with Crippen molar-refractivity contribution in [1.82, 2.24) is 4.90 Å². The maximum absolute atomic E-state index is 5.24. The normalized spacial score (nSPS) is 16.1. The van der Waals surface area contributed by atoms with Crippen LogP contribution < -0.4 is 10.1 Å². The van der Waals surface area contributed by atoms with E-state index in [1.807, 2.05) is 12.1 Å². The number of rotatable bonds is 5. The van der Waals surface area contributed by atoms with E-state index >= 15 is 0 Å². The average molecular weight is 299 g/mol. The van der Waals surface area contributed by atoms with Crippen molar-refractivity contribution in [3.63, 3.8) is 0 Å². The molecule has 0 saturated carbocycles. The minimum absolute atomic E-state index is 0.878. The fraction of sp³-hybridized carbons (Fsp3) is 0.538. The molecule has 1 N–H and O–H groups in total. The van der Waals surface area contributed by atoms with E-state index in [1.54, 1.807) is 7.11 Å². The molecule has 4 heteroatoms. The molecule has 0 spiro atoms. The largest absolute Gasteiger partial charge is 0.497 e. The Kier molecular flexibility index (Phi) is 4.68. The molecule has 1 heterocycles. The highest BCUT2D eigenvalue weighted by Gasteiger charge is 2.10. The molecule has 1 aliphatic rings. The number of hydrogen-bond acceptors (Lipinski definition) is 3. The summed E-state index contributed by atoms with van der Waals surface area (Å²) in [4.78, 5) is 2.50. The summed E-state index contributed by atoms with van der Waals surface area (Å²) in [5.41, 5.74) is 1.11. The molecule has 0 radical (unpaired) electrons. The van der Waals surface area contributed by atoms with Crippen molar-refractivity contribution in [2.24, 2.45) is 0 Å². The van der Waals surface area contributed by atoms with Gasteiger partial charge >= 0.3 is 0 Å². The van der Waals surface area contributed by atoms with E-state index in [0.717, 1.165) is 29.0 Å². The molecule has 2 rings (SSSR count). The third kappa shape index (κ3) is 3.89. The van der Waals surface area contributed by atoms with E-state index < -0.39 is 0 Å². The van der Waals surface area contributed by atoms with Gasteiger partial charge in [0.15, 0.2) is 0 Å². The smallest absolute Gasteiger partial charge is 0.122 e. The number of likely N-dealkylation sites (tertiary alicyclic amines) is 1. The molecule has 1 fully saturated rings. The number of halogens is 1. The zero-order valence-corrected chi connectivity index (χ0v) is 11.8. The maximum atomic E-state index is 5.24. The molecule has 0 unspecified atom stereocenters. The SMILES string of the molecule is COc1cc(Br)cc(NCCN2CCCC2)c1. The third-order valence-electron chi connectivity index (χ3n) is 3.06. The van der Waals surface area contributed by atoms with Crippen molar-refractivity contribution in [1.29, 1.82) is 0 Å². The fourth-order valence-electron chi connectivity index (χ4n) is 2.15. The van der Waals surface area contributed by atoms with Gasteiger partial charge in [0.1, 0.15) is 5.75 Å². The van der Waals surface area contributed by atoms with Gasteiger partial charge in [0.05, 0.1) is 7.11 Å². The van der Waals surface area contributed by atoms with Crippen LogP contribution in [0.5, 0.6) is 5.75 Å². The molecule has 17 heavy (non-hydrogen) atoms. The quantitative estimate of drug-likeness (QED) is 0.904. The van der Waals surface area contributed by atoms with E-state index in [2.05, 4.69) is 32.2 Å². The molecular formula is C13H19BrN2O. The molecule has 0 atom stereocenters. The van der Waals surface area contributed by atoms with Gasteiger partial charge in [-0.3, -0.25) is 0 Å². The lowest BCUT2D eigenvalue weighted by molar-refractivity contribution is 0.352. The lowest BCUT2D eigenvalue weighted by atomic mass is 10.3. The Labute approximate surface area is 111 Å². The first kappa shape index (κ1) is 12.7. The molecule has 0 amide bonds.